The molecule has 9 heavy (non-hydrogen) atoms. The Hall–Kier alpha value is 0.500. The molecule has 0 radical (unpaired) electrons. The van der Waals surface area contributed by atoms with Gasteiger partial charge in [0.2, 0.25) is 0 Å². The van der Waals surface area contributed by atoms with Crippen molar-refractivity contribution in [2.45, 2.75) is 13.3 Å². The van der Waals surface area contributed by atoms with E-state index in [1.54, 1.807) is 6.08 Å². The molecule has 0 spiro atoms. The second-order valence-electron chi connectivity index (χ2n) is 1.38. The molecular formula is C4H9O2PS2. The van der Waals surface area contributed by atoms with Crippen LogP contribution in [0.5, 0.6) is 0 Å². The maximum Gasteiger partial charge on any atom is 0.291 e. The first-order valence-corrected chi connectivity index (χ1v) is 6.28. The summed E-state index contributed by atoms with van der Waals surface area (Å²) < 4.78 is 4.63. The van der Waals surface area contributed by atoms with Gasteiger partial charge in [0.1, 0.15) is 0 Å². The highest BCUT2D eigenvalue weighted by atomic mass is 32.9. The molecule has 0 aliphatic heterocycles. The van der Waals surface area contributed by atoms with Gasteiger partial charge in [-0.2, -0.15) is 0 Å². The van der Waals surface area contributed by atoms with Crippen LogP contribution in [0.4, 0.5) is 0 Å². The van der Waals surface area contributed by atoms with E-state index in [2.05, 4.69) is 28.6 Å². The van der Waals surface area contributed by atoms with E-state index in [1.807, 2.05) is 6.92 Å². The van der Waals surface area contributed by atoms with Crippen molar-refractivity contribution in [2.24, 2.45) is 0 Å². The third-order valence-corrected chi connectivity index (χ3v) is 1.47. The number of allylic oxidation sites excluding steroid dienone is 1. The summed E-state index contributed by atoms with van der Waals surface area (Å²) in [6, 6.07) is 0. The Morgan fingerprint density at radius 3 is 2.78 bits per heavy atom. The van der Waals surface area contributed by atoms with E-state index in [-0.39, 0.29) is 0 Å². The van der Waals surface area contributed by atoms with Crippen LogP contribution in [0.1, 0.15) is 13.3 Å². The summed E-state index contributed by atoms with van der Waals surface area (Å²) in [6.07, 6.45) is 4.00. The summed E-state index contributed by atoms with van der Waals surface area (Å²) in [5.74, 6) is 0. The molecule has 0 bridgehead atoms. The molecule has 0 aromatic rings. The molecular weight excluding hydrogens is 175 g/mol. The molecule has 0 aromatic heterocycles. The predicted molar refractivity (Wildman–Crippen MR) is 46.0 cm³/mol. The van der Waals surface area contributed by atoms with Crippen molar-refractivity contribution in [3.63, 3.8) is 0 Å². The Morgan fingerprint density at radius 1 is 1.89 bits per heavy atom. The number of hydrogen-bond acceptors (Lipinski definition) is 2. The summed E-state index contributed by atoms with van der Waals surface area (Å²) in [5, 5.41) is 0. The SMILES string of the molecule is CCC=COP(O)(=S)S. The third kappa shape index (κ3) is 8.50. The van der Waals surface area contributed by atoms with E-state index in [1.165, 1.54) is 6.26 Å². The van der Waals surface area contributed by atoms with Crippen LogP contribution in [0, 0.1) is 0 Å². The molecule has 0 amide bonds. The van der Waals surface area contributed by atoms with Crippen LogP contribution in [0.3, 0.4) is 0 Å². The van der Waals surface area contributed by atoms with Crippen molar-refractivity contribution < 1.29 is 9.42 Å². The van der Waals surface area contributed by atoms with Gasteiger partial charge in [-0.05, 0) is 24.3 Å². The number of thiol groups is 1. The van der Waals surface area contributed by atoms with Gasteiger partial charge in [0, 0.05) is 0 Å². The fraction of sp³-hybridized carbons (Fsp3) is 0.500. The lowest BCUT2D eigenvalue weighted by Crippen LogP contribution is -1.69. The highest BCUT2D eigenvalue weighted by molar-refractivity contribution is 8.59. The molecule has 0 aliphatic carbocycles. The van der Waals surface area contributed by atoms with Crippen LogP contribution in [0.15, 0.2) is 12.3 Å². The van der Waals surface area contributed by atoms with Crippen molar-refractivity contribution in [3.8, 4) is 0 Å². The molecule has 2 nitrogen and oxygen atoms in total. The fourth-order valence-corrected chi connectivity index (χ4v) is 0.776. The molecule has 1 unspecified atom stereocenters. The summed E-state index contributed by atoms with van der Waals surface area (Å²) in [7, 11) is 0. The van der Waals surface area contributed by atoms with Crippen LogP contribution >= 0.6 is 17.9 Å². The smallest absolute Gasteiger partial charge is 0.291 e. The van der Waals surface area contributed by atoms with Gasteiger partial charge in [-0.1, -0.05) is 19.2 Å². The van der Waals surface area contributed by atoms with Gasteiger partial charge in [0.15, 0.2) is 0 Å². The minimum atomic E-state index is -2.75. The fourth-order valence-electron chi connectivity index (χ4n) is 0.219. The lowest BCUT2D eigenvalue weighted by Gasteiger charge is -2.03. The Kier molecular flexibility index (Phi) is 4.58. The number of hydrogen-bond donors (Lipinski definition) is 2. The van der Waals surface area contributed by atoms with Crippen LogP contribution in [-0.4, -0.2) is 4.89 Å². The topological polar surface area (TPSA) is 29.5 Å². The predicted octanol–water partition coefficient (Wildman–Crippen LogP) is 2.07. The zero-order valence-corrected chi connectivity index (χ0v) is 7.63. The molecule has 5 heteroatoms. The van der Waals surface area contributed by atoms with Gasteiger partial charge in [0.25, 0.3) is 5.69 Å². The van der Waals surface area contributed by atoms with Crippen LogP contribution in [-0.2, 0) is 16.3 Å². The lowest BCUT2D eigenvalue weighted by molar-refractivity contribution is 0.454. The quantitative estimate of drug-likeness (QED) is 0.400. The highest BCUT2D eigenvalue weighted by Crippen LogP contribution is 2.47. The zero-order chi connectivity index (χ0) is 7.33. The van der Waals surface area contributed by atoms with Gasteiger partial charge < -0.3 is 9.42 Å². The Labute approximate surface area is 65.2 Å². The average Bonchev–Trinajstić information content (AvgIpc) is 1.63. The van der Waals surface area contributed by atoms with Gasteiger partial charge in [0.05, 0.1) is 6.26 Å². The molecule has 0 saturated carbocycles. The molecule has 0 saturated heterocycles. The monoisotopic (exact) mass is 184 g/mol. The minimum absolute atomic E-state index is 0.864. The molecule has 1 N–H and O–H groups in total. The van der Waals surface area contributed by atoms with Gasteiger partial charge in [-0.15, -0.1) is 0 Å². The lowest BCUT2D eigenvalue weighted by atomic mass is 10.5. The maximum absolute atomic E-state index is 8.76. The summed E-state index contributed by atoms with van der Waals surface area (Å²) >= 11 is 8.09. The normalized spacial score (nSPS) is 17.7. The Bertz CT molecular complexity index is 140. The second-order valence-corrected chi connectivity index (χ2v) is 6.49. The second kappa shape index (κ2) is 4.34. The summed E-state index contributed by atoms with van der Waals surface area (Å²) in [5.41, 5.74) is -2.75. The Balaban J connectivity index is 3.51. The van der Waals surface area contributed by atoms with Crippen molar-refractivity contribution in [3.05, 3.63) is 12.3 Å². The molecule has 0 fully saturated rings. The first-order valence-electron chi connectivity index (χ1n) is 2.45. The van der Waals surface area contributed by atoms with Crippen molar-refractivity contribution in [1.82, 2.24) is 0 Å². The van der Waals surface area contributed by atoms with E-state index in [0.29, 0.717) is 0 Å². The molecule has 0 aliphatic rings. The maximum atomic E-state index is 8.76. The Morgan fingerprint density at radius 2 is 2.44 bits per heavy atom. The van der Waals surface area contributed by atoms with Gasteiger partial charge in [-0.3, -0.25) is 0 Å². The molecule has 0 heterocycles. The van der Waals surface area contributed by atoms with Gasteiger partial charge >= 0.3 is 0 Å². The molecule has 0 aromatic carbocycles. The zero-order valence-electron chi connectivity index (χ0n) is 5.02. The van der Waals surface area contributed by atoms with Crippen molar-refractivity contribution in [1.29, 1.82) is 0 Å². The van der Waals surface area contributed by atoms with Gasteiger partial charge in [-0.25, -0.2) is 0 Å². The van der Waals surface area contributed by atoms with Crippen LogP contribution in [0.25, 0.3) is 0 Å². The highest BCUT2D eigenvalue weighted by Gasteiger charge is 2.01. The van der Waals surface area contributed by atoms with Crippen molar-refractivity contribution in [2.75, 3.05) is 0 Å². The molecule has 0 rings (SSSR count). The molecule has 54 valence electrons. The number of rotatable bonds is 3. The first kappa shape index (κ1) is 9.50. The average molecular weight is 184 g/mol. The largest absolute Gasteiger partial charge is 0.445 e. The van der Waals surface area contributed by atoms with Crippen LogP contribution in [0.2, 0.25) is 0 Å². The summed E-state index contributed by atoms with van der Waals surface area (Å²) in [4.78, 5) is 8.76. The van der Waals surface area contributed by atoms with E-state index in [4.69, 9.17) is 4.89 Å². The summed E-state index contributed by atoms with van der Waals surface area (Å²) in [6.45, 7) is 1.96. The van der Waals surface area contributed by atoms with E-state index < -0.39 is 5.69 Å². The van der Waals surface area contributed by atoms with Crippen molar-refractivity contribution >= 4 is 29.7 Å². The minimum Gasteiger partial charge on any atom is -0.445 e. The van der Waals surface area contributed by atoms with E-state index in [9.17, 15) is 0 Å². The molecule has 1 atom stereocenters. The van der Waals surface area contributed by atoms with E-state index >= 15 is 0 Å². The van der Waals surface area contributed by atoms with Crippen LogP contribution < -0.4 is 0 Å². The standard InChI is InChI=1S/C4H9O2PS2/c1-2-3-4-6-7(5,8)9/h3-4H,2H2,1H3,(H2,5,8,9). The van der Waals surface area contributed by atoms with E-state index in [0.717, 1.165) is 6.42 Å². The first-order chi connectivity index (χ1) is 4.06. The third-order valence-electron chi connectivity index (χ3n) is 0.530.